The van der Waals surface area contributed by atoms with Gasteiger partial charge in [-0.15, -0.1) is 0 Å². The van der Waals surface area contributed by atoms with E-state index in [-0.39, 0.29) is 17.9 Å². The van der Waals surface area contributed by atoms with E-state index < -0.39 is 5.97 Å². The highest BCUT2D eigenvalue weighted by atomic mass is 16.4. The second-order valence-electron chi connectivity index (χ2n) is 6.57. The first-order chi connectivity index (χ1) is 11.1. The van der Waals surface area contributed by atoms with E-state index in [1.807, 2.05) is 34.9 Å². The van der Waals surface area contributed by atoms with Gasteiger partial charge in [0.1, 0.15) is 0 Å². The first-order valence-electron chi connectivity index (χ1n) is 8.44. The van der Waals surface area contributed by atoms with E-state index in [4.69, 9.17) is 0 Å². The molecule has 2 heterocycles. The normalized spacial score (nSPS) is 23.2. The smallest absolute Gasteiger partial charge is 0.307 e. The van der Waals surface area contributed by atoms with E-state index in [1.54, 1.807) is 0 Å². The number of carboxylic acids is 1. The SMILES string of the molecule is CC(C(=O)N1CCCc2ccccc21)N1CCCC(C(=O)O)C1. The van der Waals surface area contributed by atoms with Crippen molar-refractivity contribution in [2.45, 2.75) is 38.6 Å². The molecule has 0 aliphatic carbocycles. The molecule has 1 fully saturated rings. The molecule has 1 saturated heterocycles. The van der Waals surface area contributed by atoms with Gasteiger partial charge in [0.2, 0.25) is 5.91 Å². The van der Waals surface area contributed by atoms with E-state index in [0.29, 0.717) is 13.0 Å². The molecular formula is C18H24N2O3. The minimum atomic E-state index is -0.752. The quantitative estimate of drug-likeness (QED) is 0.928. The molecule has 2 unspecified atom stereocenters. The van der Waals surface area contributed by atoms with Crippen molar-refractivity contribution in [3.63, 3.8) is 0 Å². The molecule has 0 aromatic heterocycles. The monoisotopic (exact) mass is 316 g/mol. The lowest BCUT2D eigenvalue weighted by Gasteiger charge is -2.38. The third kappa shape index (κ3) is 3.24. The number of benzene rings is 1. The zero-order chi connectivity index (χ0) is 16.4. The second-order valence-corrected chi connectivity index (χ2v) is 6.57. The lowest BCUT2D eigenvalue weighted by Crippen LogP contribution is -2.52. The van der Waals surface area contributed by atoms with Crippen LogP contribution in [0.5, 0.6) is 0 Å². The number of fused-ring (bicyclic) bond motifs is 1. The molecule has 5 heteroatoms. The molecule has 0 spiro atoms. The number of para-hydroxylation sites is 1. The van der Waals surface area contributed by atoms with E-state index >= 15 is 0 Å². The number of amides is 1. The summed E-state index contributed by atoms with van der Waals surface area (Å²) in [5.74, 6) is -1.02. The number of rotatable bonds is 3. The van der Waals surface area contributed by atoms with Gasteiger partial charge in [0, 0.05) is 18.8 Å². The van der Waals surface area contributed by atoms with E-state index in [0.717, 1.165) is 38.0 Å². The van der Waals surface area contributed by atoms with E-state index in [9.17, 15) is 14.7 Å². The zero-order valence-electron chi connectivity index (χ0n) is 13.6. The number of aryl methyl sites for hydroxylation is 1. The molecule has 124 valence electrons. The predicted molar refractivity (Wildman–Crippen MR) is 88.5 cm³/mol. The highest BCUT2D eigenvalue weighted by Gasteiger charge is 2.33. The van der Waals surface area contributed by atoms with Crippen molar-refractivity contribution >= 4 is 17.6 Å². The van der Waals surface area contributed by atoms with Gasteiger partial charge in [0.15, 0.2) is 0 Å². The average Bonchev–Trinajstić information content (AvgIpc) is 2.60. The summed E-state index contributed by atoms with van der Waals surface area (Å²) < 4.78 is 0. The molecule has 5 nitrogen and oxygen atoms in total. The summed E-state index contributed by atoms with van der Waals surface area (Å²) in [6.45, 7) is 3.92. The van der Waals surface area contributed by atoms with Gasteiger partial charge in [-0.05, 0) is 50.8 Å². The van der Waals surface area contributed by atoms with Gasteiger partial charge in [0.05, 0.1) is 12.0 Å². The molecule has 23 heavy (non-hydrogen) atoms. The van der Waals surface area contributed by atoms with Gasteiger partial charge in [-0.3, -0.25) is 14.5 Å². The van der Waals surface area contributed by atoms with Gasteiger partial charge < -0.3 is 10.0 Å². The van der Waals surface area contributed by atoms with Gasteiger partial charge in [-0.2, -0.15) is 0 Å². The van der Waals surface area contributed by atoms with Crippen LogP contribution in [0.2, 0.25) is 0 Å². The third-order valence-electron chi connectivity index (χ3n) is 5.08. The number of anilines is 1. The molecule has 0 radical (unpaired) electrons. The lowest BCUT2D eigenvalue weighted by atomic mass is 9.96. The Balaban J connectivity index is 1.74. The number of carboxylic acid groups (broad SMARTS) is 1. The maximum atomic E-state index is 13.0. The molecule has 2 aliphatic heterocycles. The van der Waals surface area contributed by atoms with Crippen LogP contribution in [0.3, 0.4) is 0 Å². The van der Waals surface area contributed by atoms with Crippen molar-refractivity contribution in [3.05, 3.63) is 29.8 Å². The number of likely N-dealkylation sites (tertiary alicyclic amines) is 1. The Morgan fingerprint density at radius 3 is 2.78 bits per heavy atom. The van der Waals surface area contributed by atoms with Crippen LogP contribution in [-0.2, 0) is 16.0 Å². The number of hydrogen-bond acceptors (Lipinski definition) is 3. The van der Waals surface area contributed by atoms with Gasteiger partial charge in [0.25, 0.3) is 0 Å². The van der Waals surface area contributed by atoms with Gasteiger partial charge in [-0.1, -0.05) is 18.2 Å². The average molecular weight is 316 g/mol. The van der Waals surface area contributed by atoms with Crippen LogP contribution in [0.15, 0.2) is 24.3 Å². The fourth-order valence-corrected chi connectivity index (χ4v) is 3.70. The van der Waals surface area contributed by atoms with Crippen LogP contribution in [0.4, 0.5) is 5.69 Å². The van der Waals surface area contributed by atoms with E-state index in [2.05, 4.69) is 6.07 Å². The Morgan fingerprint density at radius 1 is 1.22 bits per heavy atom. The summed E-state index contributed by atoms with van der Waals surface area (Å²) in [4.78, 5) is 28.1. The van der Waals surface area contributed by atoms with Gasteiger partial charge >= 0.3 is 5.97 Å². The number of carbonyl (C=O) groups is 2. The molecular weight excluding hydrogens is 292 g/mol. The second kappa shape index (κ2) is 6.71. The van der Waals surface area contributed by atoms with Crippen LogP contribution in [0, 0.1) is 5.92 Å². The molecule has 2 aliphatic rings. The molecule has 1 aromatic carbocycles. The molecule has 2 atom stereocenters. The molecule has 1 aromatic rings. The third-order valence-corrected chi connectivity index (χ3v) is 5.08. The molecule has 1 amide bonds. The van der Waals surface area contributed by atoms with Crippen molar-refractivity contribution in [3.8, 4) is 0 Å². The summed E-state index contributed by atoms with van der Waals surface area (Å²) in [6.07, 6.45) is 3.54. The minimum absolute atomic E-state index is 0.0863. The molecule has 0 saturated carbocycles. The molecule has 0 bridgehead atoms. The van der Waals surface area contributed by atoms with Crippen LogP contribution >= 0.6 is 0 Å². The predicted octanol–water partition coefficient (Wildman–Crippen LogP) is 2.15. The molecule has 1 N–H and O–H groups in total. The van der Waals surface area contributed by atoms with Crippen LogP contribution < -0.4 is 4.90 Å². The van der Waals surface area contributed by atoms with Crippen molar-refractivity contribution < 1.29 is 14.7 Å². The Bertz CT molecular complexity index is 602. The summed E-state index contributed by atoms with van der Waals surface area (Å²) in [7, 11) is 0. The largest absolute Gasteiger partial charge is 0.481 e. The zero-order valence-corrected chi connectivity index (χ0v) is 13.6. The van der Waals surface area contributed by atoms with Crippen molar-refractivity contribution in [1.29, 1.82) is 0 Å². The Morgan fingerprint density at radius 2 is 2.00 bits per heavy atom. The van der Waals surface area contributed by atoms with E-state index in [1.165, 1.54) is 5.56 Å². The van der Waals surface area contributed by atoms with Crippen molar-refractivity contribution in [2.24, 2.45) is 5.92 Å². The number of hydrogen-bond donors (Lipinski definition) is 1. The minimum Gasteiger partial charge on any atom is -0.481 e. The maximum Gasteiger partial charge on any atom is 0.307 e. The number of aliphatic carboxylic acids is 1. The fraction of sp³-hybridized carbons (Fsp3) is 0.556. The Labute approximate surface area is 136 Å². The highest BCUT2D eigenvalue weighted by molar-refractivity contribution is 5.98. The summed E-state index contributed by atoms with van der Waals surface area (Å²) in [5.41, 5.74) is 2.24. The van der Waals surface area contributed by atoms with Gasteiger partial charge in [-0.25, -0.2) is 0 Å². The number of piperidine rings is 1. The van der Waals surface area contributed by atoms with Crippen LogP contribution in [0.1, 0.15) is 31.7 Å². The summed E-state index contributed by atoms with van der Waals surface area (Å²) >= 11 is 0. The number of carbonyl (C=O) groups excluding carboxylic acids is 1. The number of nitrogens with zero attached hydrogens (tertiary/aromatic N) is 2. The summed E-state index contributed by atoms with van der Waals surface area (Å²) in [5, 5.41) is 9.23. The summed E-state index contributed by atoms with van der Waals surface area (Å²) in [6, 6.07) is 7.80. The maximum absolute atomic E-state index is 13.0. The van der Waals surface area contributed by atoms with Crippen LogP contribution in [-0.4, -0.2) is 47.6 Å². The van der Waals surface area contributed by atoms with Crippen molar-refractivity contribution in [1.82, 2.24) is 4.90 Å². The standard InChI is InChI=1S/C18H24N2O3/c1-13(19-10-4-8-15(12-19)18(22)23)17(21)20-11-5-7-14-6-2-3-9-16(14)20/h2-3,6,9,13,15H,4-5,7-8,10-12H2,1H3,(H,22,23). The Kier molecular flexibility index (Phi) is 4.66. The van der Waals surface area contributed by atoms with Crippen molar-refractivity contribution in [2.75, 3.05) is 24.5 Å². The fourth-order valence-electron chi connectivity index (χ4n) is 3.70. The first-order valence-corrected chi connectivity index (χ1v) is 8.44. The lowest BCUT2D eigenvalue weighted by molar-refractivity contribution is -0.144. The Hall–Kier alpha value is -1.88. The topological polar surface area (TPSA) is 60.9 Å². The van der Waals surface area contributed by atoms with Crippen LogP contribution in [0.25, 0.3) is 0 Å². The highest BCUT2D eigenvalue weighted by Crippen LogP contribution is 2.28. The molecule has 3 rings (SSSR count). The first kappa shape index (κ1) is 16.0.